The first-order chi connectivity index (χ1) is 24.8. The van der Waals surface area contributed by atoms with Gasteiger partial charge in [-0.05, 0) is 69.3 Å². The van der Waals surface area contributed by atoms with Crippen LogP contribution in [0.5, 0.6) is 0 Å². The number of rotatable bonds is 6. The lowest BCUT2D eigenvalue weighted by Gasteiger charge is -2.45. The zero-order valence-corrected chi connectivity index (χ0v) is 28.8. The van der Waals surface area contributed by atoms with E-state index in [4.69, 9.17) is 4.99 Å². The number of hydrogen-bond donors (Lipinski definition) is 1. The van der Waals surface area contributed by atoms with Gasteiger partial charge in [-0.25, -0.2) is 4.99 Å². The largest absolute Gasteiger partial charge is 0.340 e. The fraction of sp³-hybridized carbons (Fsp3) is 0.0222. The molecule has 4 nitrogen and oxygen atoms in total. The summed E-state index contributed by atoms with van der Waals surface area (Å²) >= 11 is 0. The monoisotopic (exact) mass is 660 g/mol. The first-order valence-electron chi connectivity index (χ1n) is 16.9. The van der Waals surface area contributed by atoms with Crippen molar-refractivity contribution in [2.75, 3.05) is 17.3 Å². The SMILES string of the molecule is C/N=C(\N=C(/Nc1ccccc1)c1ccccc1)c1ccc(N2c3ccccc3[Si](c3ccccc3)(c3ccccc3)c3ccccc32)cc1. The van der Waals surface area contributed by atoms with Gasteiger partial charge in [-0.1, -0.05) is 146 Å². The Balaban J connectivity index is 1.24. The Morgan fingerprint density at radius 2 is 0.940 bits per heavy atom. The summed E-state index contributed by atoms with van der Waals surface area (Å²) in [6.07, 6.45) is 0. The average Bonchev–Trinajstić information content (AvgIpc) is 3.20. The highest BCUT2D eigenvalue weighted by atomic mass is 28.3. The van der Waals surface area contributed by atoms with E-state index in [1.807, 2.05) is 48.5 Å². The van der Waals surface area contributed by atoms with Crippen molar-refractivity contribution in [1.29, 1.82) is 0 Å². The number of aliphatic imine (C=N–C) groups is 2. The van der Waals surface area contributed by atoms with E-state index in [1.165, 1.54) is 32.1 Å². The highest BCUT2D eigenvalue weighted by Crippen LogP contribution is 2.38. The molecule has 0 saturated heterocycles. The molecular formula is C45H36N4Si. The number of amidine groups is 2. The second kappa shape index (κ2) is 13.7. The highest BCUT2D eigenvalue weighted by molar-refractivity contribution is 7.21. The van der Waals surface area contributed by atoms with Crippen molar-refractivity contribution >= 4 is 63.2 Å². The molecule has 1 heterocycles. The summed E-state index contributed by atoms with van der Waals surface area (Å²) in [4.78, 5) is 12.1. The Hall–Kier alpha value is -6.30. The van der Waals surface area contributed by atoms with E-state index >= 15 is 0 Å². The Labute approximate surface area is 294 Å². The van der Waals surface area contributed by atoms with E-state index in [1.54, 1.807) is 7.05 Å². The summed E-state index contributed by atoms with van der Waals surface area (Å²) < 4.78 is 0. The summed E-state index contributed by atoms with van der Waals surface area (Å²) in [5.41, 5.74) is 6.39. The molecule has 0 bridgehead atoms. The molecule has 8 rings (SSSR count). The maximum absolute atomic E-state index is 5.08. The average molecular weight is 661 g/mol. The maximum Gasteiger partial charge on any atom is 0.184 e. The number of nitrogens with one attached hydrogen (secondary N) is 1. The lowest BCUT2D eigenvalue weighted by atomic mass is 10.1. The van der Waals surface area contributed by atoms with Crippen molar-refractivity contribution in [2.45, 2.75) is 0 Å². The van der Waals surface area contributed by atoms with Gasteiger partial charge < -0.3 is 10.2 Å². The minimum atomic E-state index is -2.65. The molecule has 0 saturated carbocycles. The Bertz CT molecular complexity index is 2200. The number of hydrogen-bond acceptors (Lipinski definition) is 2. The molecule has 7 aromatic carbocycles. The van der Waals surface area contributed by atoms with Crippen LogP contribution >= 0.6 is 0 Å². The number of para-hydroxylation sites is 3. The lowest BCUT2D eigenvalue weighted by molar-refractivity contribution is 1.28. The summed E-state index contributed by atoms with van der Waals surface area (Å²) in [6, 6.07) is 69.1. The quantitative estimate of drug-likeness (QED) is 0.112. The maximum atomic E-state index is 5.08. The third kappa shape index (κ3) is 5.54. The summed E-state index contributed by atoms with van der Waals surface area (Å²) in [6.45, 7) is 0. The normalized spacial score (nSPS) is 13.7. The zero-order chi connectivity index (χ0) is 33.8. The van der Waals surface area contributed by atoms with Gasteiger partial charge in [0.05, 0.1) is 0 Å². The van der Waals surface area contributed by atoms with Crippen molar-refractivity contribution in [1.82, 2.24) is 0 Å². The van der Waals surface area contributed by atoms with Crippen molar-refractivity contribution in [2.24, 2.45) is 9.98 Å². The molecule has 240 valence electrons. The molecule has 7 aromatic rings. The van der Waals surface area contributed by atoms with Crippen molar-refractivity contribution in [3.8, 4) is 0 Å². The summed E-state index contributed by atoms with van der Waals surface area (Å²) in [5.74, 6) is 1.39. The summed E-state index contributed by atoms with van der Waals surface area (Å²) in [5, 5.41) is 9.02. The second-order valence-electron chi connectivity index (χ2n) is 12.3. The van der Waals surface area contributed by atoms with Crippen molar-refractivity contribution in [3.63, 3.8) is 0 Å². The van der Waals surface area contributed by atoms with Gasteiger partial charge >= 0.3 is 0 Å². The van der Waals surface area contributed by atoms with E-state index < -0.39 is 8.07 Å². The lowest BCUT2D eigenvalue weighted by Crippen LogP contribution is -2.77. The van der Waals surface area contributed by atoms with Crippen LogP contribution in [0.25, 0.3) is 0 Å². The van der Waals surface area contributed by atoms with Gasteiger partial charge in [0.25, 0.3) is 0 Å². The fourth-order valence-corrected chi connectivity index (χ4v) is 12.3. The molecule has 0 aromatic heterocycles. The zero-order valence-electron chi connectivity index (χ0n) is 27.8. The van der Waals surface area contributed by atoms with Gasteiger partial charge in [-0.3, -0.25) is 4.99 Å². The number of anilines is 4. The molecule has 0 fully saturated rings. The van der Waals surface area contributed by atoms with E-state index in [0.717, 1.165) is 28.3 Å². The number of benzene rings is 7. The molecular weight excluding hydrogens is 625 g/mol. The standard InChI is InChI=1S/C45H36N4Si/c1-46-44(48-45(34-18-6-2-7-19-34)47-36-20-8-3-9-21-36)35-30-32-37(33-31-35)49-40-26-14-16-28-42(40)50(38-22-10-4-11-23-38,39-24-12-5-13-25-39)43-29-17-15-27-41(43)49/h2-33H,1H3,(H,46,47,48). The van der Waals surface area contributed by atoms with Crippen LogP contribution in [0.4, 0.5) is 22.7 Å². The van der Waals surface area contributed by atoms with Gasteiger partial charge in [-0.2, -0.15) is 0 Å². The summed E-state index contributed by atoms with van der Waals surface area (Å²) in [7, 11) is -0.856. The molecule has 1 N–H and O–H groups in total. The Morgan fingerprint density at radius 1 is 0.480 bits per heavy atom. The molecule has 0 radical (unpaired) electrons. The first kappa shape index (κ1) is 31.0. The van der Waals surface area contributed by atoms with Crippen LogP contribution in [0.2, 0.25) is 0 Å². The van der Waals surface area contributed by atoms with Gasteiger partial charge in [-0.15, -0.1) is 0 Å². The van der Waals surface area contributed by atoms with Crippen LogP contribution in [0, 0.1) is 0 Å². The third-order valence-corrected chi connectivity index (χ3v) is 14.3. The van der Waals surface area contributed by atoms with Crippen LogP contribution in [0.3, 0.4) is 0 Å². The van der Waals surface area contributed by atoms with Gasteiger partial charge in [0.15, 0.2) is 13.9 Å². The second-order valence-corrected chi connectivity index (χ2v) is 16.0. The minimum absolute atomic E-state index is 0.651. The van der Waals surface area contributed by atoms with E-state index in [-0.39, 0.29) is 0 Å². The van der Waals surface area contributed by atoms with Crippen LogP contribution in [0.1, 0.15) is 11.1 Å². The molecule has 0 unspecified atom stereocenters. The number of fused-ring (bicyclic) bond motifs is 2. The fourth-order valence-electron chi connectivity index (χ4n) is 7.22. The number of nitrogens with zero attached hydrogens (tertiary/aromatic N) is 3. The molecule has 5 heteroatoms. The van der Waals surface area contributed by atoms with Crippen molar-refractivity contribution < 1.29 is 0 Å². The van der Waals surface area contributed by atoms with Crippen LogP contribution in [0.15, 0.2) is 204 Å². The molecule has 0 amide bonds. The third-order valence-electron chi connectivity index (χ3n) is 9.41. The Morgan fingerprint density at radius 3 is 1.46 bits per heavy atom. The van der Waals surface area contributed by atoms with Gasteiger partial charge in [0.1, 0.15) is 5.84 Å². The molecule has 50 heavy (non-hydrogen) atoms. The molecule has 1 aliphatic rings. The topological polar surface area (TPSA) is 40.0 Å². The van der Waals surface area contributed by atoms with Crippen LogP contribution < -0.4 is 31.0 Å². The van der Waals surface area contributed by atoms with Crippen LogP contribution in [-0.4, -0.2) is 26.8 Å². The highest BCUT2D eigenvalue weighted by Gasteiger charge is 2.48. The molecule has 1 aliphatic heterocycles. The predicted molar refractivity (Wildman–Crippen MR) is 214 cm³/mol. The predicted octanol–water partition coefficient (Wildman–Crippen LogP) is 7.78. The smallest absolute Gasteiger partial charge is 0.184 e. The molecule has 0 spiro atoms. The van der Waals surface area contributed by atoms with Gasteiger partial charge in [0.2, 0.25) is 0 Å². The van der Waals surface area contributed by atoms with E-state index in [0.29, 0.717) is 5.84 Å². The molecule has 0 atom stereocenters. The van der Waals surface area contributed by atoms with Crippen LogP contribution in [-0.2, 0) is 0 Å². The first-order valence-corrected chi connectivity index (χ1v) is 18.9. The van der Waals surface area contributed by atoms with Crippen molar-refractivity contribution in [3.05, 3.63) is 205 Å². The van der Waals surface area contributed by atoms with E-state index in [9.17, 15) is 0 Å². The van der Waals surface area contributed by atoms with E-state index in [2.05, 4.69) is 161 Å². The molecule has 0 aliphatic carbocycles. The Kier molecular flexibility index (Phi) is 8.47. The van der Waals surface area contributed by atoms with Gasteiger partial charge in [0, 0.05) is 40.9 Å². The minimum Gasteiger partial charge on any atom is -0.340 e.